The van der Waals surface area contributed by atoms with Crippen LogP contribution >= 0.6 is 11.3 Å². The van der Waals surface area contributed by atoms with Crippen LogP contribution in [0.5, 0.6) is 0 Å². The first-order valence-corrected chi connectivity index (χ1v) is 7.40. The first kappa shape index (κ1) is 14.7. The van der Waals surface area contributed by atoms with Gasteiger partial charge in [-0.25, -0.2) is 4.98 Å². The smallest absolute Gasteiger partial charge is 0.317 e. The summed E-state index contributed by atoms with van der Waals surface area (Å²) in [4.78, 5) is 21.0. The third-order valence-electron chi connectivity index (χ3n) is 3.04. The second-order valence-electron chi connectivity index (χ2n) is 5.05. The number of esters is 1. The molecule has 0 atom stereocenters. The molecule has 2 aromatic heterocycles. The van der Waals surface area contributed by atoms with Gasteiger partial charge in [0, 0.05) is 11.1 Å². The molecule has 0 amide bonds. The molecule has 0 unspecified atom stereocenters. The molecule has 0 bridgehead atoms. The van der Waals surface area contributed by atoms with Gasteiger partial charge in [-0.3, -0.25) is 9.78 Å². The normalized spacial score (nSPS) is 11.4. The van der Waals surface area contributed by atoms with Gasteiger partial charge in [-0.15, -0.1) is 11.3 Å². The molecule has 4 nitrogen and oxygen atoms in total. The third kappa shape index (κ3) is 2.88. The summed E-state index contributed by atoms with van der Waals surface area (Å²) in [5, 5.41) is 2.72. The highest BCUT2D eigenvalue weighted by Gasteiger charge is 2.34. The van der Waals surface area contributed by atoms with E-state index in [1.54, 1.807) is 6.92 Å². The Morgan fingerprint density at radius 3 is 2.75 bits per heavy atom. The fraction of sp³-hybridized carbons (Fsp3) is 0.400. The summed E-state index contributed by atoms with van der Waals surface area (Å²) in [6.07, 6.45) is 0. The lowest BCUT2D eigenvalue weighted by Crippen LogP contribution is -2.31. The van der Waals surface area contributed by atoms with Gasteiger partial charge in [0.1, 0.15) is 10.4 Å². The van der Waals surface area contributed by atoms with Crippen molar-refractivity contribution in [2.45, 2.75) is 33.1 Å². The molecule has 0 aromatic carbocycles. The van der Waals surface area contributed by atoms with Gasteiger partial charge >= 0.3 is 5.97 Å². The molecule has 2 heterocycles. The van der Waals surface area contributed by atoms with E-state index in [0.717, 1.165) is 22.1 Å². The minimum absolute atomic E-state index is 0.256. The second-order valence-corrected chi connectivity index (χ2v) is 5.91. The summed E-state index contributed by atoms with van der Waals surface area (Å²) >= 11 is 1.49. The number of aryl methyl sites for hydroxylation is 1. The Kier molecular flexibility index (Phi) is 4.18. The van der Waals surface area contributed by atoms with Crippen molar-refractivity contribution in [1.82, 2.24) is 9.97 Å². The molecule has 0 aliphatic rings. The van der Waals surface area contributed by atoms with Crippen molar-refractivity contribution >= 4 is 17.3 Å². The number of hydrogen-bond donors (Lipinski definition) is 0. The topological polar surface area (TPSA) is 52.1 Å². The van der Waals surface area contributed by atoms with Crippen molar-refractivity contribution < 1.29 is 9.53 Å². The van der Waals surface area contributed by atoms with Crippen LogP contribution in [0.2, 0.25) is 0 Å². The van der Waals surface area contributed by atoms with Gasteiger partial charge in [-0.2, -0.15) is 0 Å². The van der Waals surface area contributed by atoms with Crippen LogP contribution in [-0.4, -0.2) is 22.5 Å². The van der Waals surface area contributed by atoms with E-state index in [9.17, 15) is 4.79 Å². The molecular weight excluding hydrogens is 272 g/mol. The van der Waals surface area contributed by atoms with Crippen LogP contribution in [0.15, 0.2) is 23.6 Å². The molecule has 0 aliphatic heterocycles. The van der Waals surface area contributed by atoms with Gasteiger partial charge in [-0.1, -0.05) is 6.07 Å². The summed E-state index contributed by atoms with van der Waals surface area (Å²) < 4.78 is 5.11. The number of ether oxygens (including phenoxy) is 1. The summed E-state index contributed by atoms with van der Waals surface area (Å²) in [5.41, 5.74) is 1.76. The molecule has 0 saturated heterocycles. The monoisotopic (exact) mass is 290 g/mol. The van der Waals surface area contributed by atoms with E-state index >= 15 is 0 Å². The highest BCUT2D eigenvalue weighted by Crippen LogP contribution is 2.30. The standard InChI is InChI=1S/C15H18N2O2S/c1-5-19-14(18)15(3,4)12-9-20-13(17-12)11-8-6-7-10(2)16-11/h6-9H,5H2,1-4H3. The lowest BCUT2D eigenvalue weighted by atomic mass is 9.90. The van der Waals surface area contributed by atoms with Crippen molar-refractivity contribution in [2.24, 2.45) is 0 Å². The number of thiazole rings is 1. The number of carbonyl (C=O) groups excluding carboxylic acids is 1. The average molecular weight is 290 g/mol. The van der Waals surface area contributed by atoms with Gasteiger partial charge in [0.05, 0.1) is 18.0 Å². The molecule has 2 rings (SSSR count). The fourth-order valence-electron chi connectivity index (χ4n) is 1.76. The molecule has 5 heteroatoms. The maximum Gasteiger partial charge on any atom is 0.317 e. The molecule has 0 saturated carbocycles. The molecule has 0 spiro atoms. The first-order chi connectivity index (χ1) is 9.45. The molecule has 20 heavy (non-hydrogen) atoms. The van der Waals surface area contributed by atoms with Crippen molar-refractivity contribution in [2.75, 3.05) is 6.61 Å². The SMILES string of the molecule is CCOC(=O)C(C)(C)c1csc(-c2cccc(C)n2)n1. The Morgan fingerprint density at radius 1 is 1.35 bits per heavy atom. The van der Waals surface area contributed by atoms with E-state index in [1.165, 1.54) is 11.3 Å². The minimum atomic E-state index is -0.741. The molecule has 0 radical (unpaired) electrons. The largest absolute Gasteiger partial charge is 0.465 e. The molecular formula is C15H18N2O2S. The van der Waals surface area contributed by atoms with Gasteiger partial charge in [0.2, 0.25) is 0 Å². The predicted octanol–water partition coefficient (Wildman–Crippen LogP) is 3.35. The molecule has 106 valence electrons. The van der Waals surface area contributed by atoms with E-state index in [-0.39, 0.29) is 5.97 Å². The molecule has 2 aromatic rings. The number of rotatable bonds is 4. The Bertz CT molecular complexity index is 620. The van der Waals surface area contributed by atoms with E-state index < -0.39 is 5.41 Å². The zero-order valence-electron chi connectivity index (χ0n) is 12.1. The summed E-state index contributed by atoms with van der Waals surface area (Å²) in [5.74, 6) is -0.256. The zero-order chi connectivity index (χ0) is 14.8. The number of carbonyl (C=O) groups is 1. The number of hydrogen-bond acceptors (Lipinski definition) is 5. The van der Waals surface area contributed by atoms with E-state index in [2.05, 4.69) is 9.97 Å². The van der Waals surface area contributed by atoms with Crippen LogP contribution in [0.1, 0.15) is 32.2 Å². The van der Waals surface area contributed by atoms with Crippen LogP contribution in [0.4, 0.5) is 0 Å². The Morgan fingerprint density at radius 2 is 2.10 bits per heavy atom. The van der Waals surface area contributed by atoms with Crippen LogP contribution in [0.25, 0.3) is 10.7 Å². The average Bonchev–Trinajstić information content (AvgIpc) is 2.89. The summed E-state index contributed by atoms with van der Waals surface area (Å²) in [6, 6.07) is 5.82. The first-order valence-electron chi connectivity index (χ1n) is 6.52. The van der Waals surface area contributed by atoms with Gasteiger partial charge in [-0.05, 0) is 39.8 Å². The van der Waals surface area contributed by atoms with Crippen molar-refractivity contribution in [3.8, 4) is 10.7 Å². The maximum absolute atomic E-state index is 12.0. The predicted molar refractivity (Wildman–Crippen MR) is 79.7 cm³/mol. The van der Waals surface area contributed by atoms with Gasteiger partial charge < -0.3 is 4.74 Å². The van der Waals surface area contributed by atoms with Crippen LogP contribution in [0.3, 0.4) is 0 Å². The Labute approximate surface area is 122 Å². The van der Waals surface area contributed by atoms with Crippen LogP contribution in [0, 0.1) is 6.92 Å². The molecule has 0 N–H and O–H groups in total. The van der Waals surface area contributed by atoms with E-state index in [4.69, 9.17) is 4.74 Å². The molecule has 0 aliphatic carbocycles. The lowest BCUT2D eigenvalue weighted by molar-refractivity contribution is -0.148. The summed E-state index contributed by atoms with van der Waals surface area (Å²) in [6.45, 7) is 7.78. The van der Waals surface area contributed by atoms with Crippen molar-refractivity contribution in [3.05, 3.63) is 35.0 Å². The fourth-order valence-corrected chi connectivity index (χ4v) is 2.71. The highest BCUT2D eigenvalue weighted by atomic mass is 32.1. The highest BCUT2D eigenvalue weighted by molar-refractivity contribution is 7.13. The number of nitrogens with zero attached hydrogens (tertiary/aromatic N) is 2. The second kappa shape index (κ2) is 5.71. The zero-order valence-corrected chi connectivity index (χ0v) is 13.0. The quantitative estimate of drug-likeness (QED) is 0.810. The van der Waals surface area contributed by atoms with Gasteiger partial charge in [0.25, 0.3) is 0 Å². The van der Waals surface area contributed by atoms with E-state index in [1.807, 2.05) is 44.4 Å². The van der Waals surface area contributed by atoms with Crippen LogP contribution in [-0.2, 0) is 14.9 Å². The third-order valence-corrected chi connectivity index (χ3v) is 3.90. The maximum atomic E-state index is 12.0. The van der Waals surface area contributed by atoms with Gasteiger partial charge in [0.15, 0.2) is 0 Å². The number of pyridine rings is 1. The van der Waals surface area contributed by atoms with Crippen LogP contribution < -0.4 is 0 Å². The van der Waals surface area contributed by atoms with Crippen molar-refractivity contribution in [1.29, 1.82) is 0 Å². The number of aromatic nitrogens is 2. The van der Waals surface area contributed by atoms with E-state index in [0.29, 0.717) is 6.61 Å². The lowest BCUT2D eigenvalue weighted by Gasteiger charge is -2.19. The molecule has 0 fully saturated rings. The van der Waals surface area contributed by atoms with Crippen molar-refractivity contribution in [3.63, 3.8) is 0 Å². The minimum Gasteiger partial charge on any atom is -0.465 e. The Balaban J connectivity index is 2.31. The Hall–Kier alpha value is -1.75. The summed E-state index contributed by atoms with van der Waals surface area (Å²) in [7, 11) is 0.